The van der Waals surface area contributed by atoms with Crippen molar-refractivity contribution < 1.29 is 0 Å². The maximum absolute atomic E-state index is 4.52. The van der Waals surface area contributed by atoms with Crippen LogP contribution >= 0.6 is 15.9 Å². The van der Waals surface area contributed by atoms with Gasteiger partial charge in [0.2, 0.25) is 0 Å². The highest BCUT2D eigenvalue weighted by molar-refractivity contribution is 9.10. The Kier molecular flexibility index (Phi) is 3.50. The van der Waals surface area contributed by atoms with Gasteiger partial charge in [-0.15, -0.1) is 0 Å². The zero-order valence-corrected chi connectivity index (χ0v) is 11.6. The van der Waals surface area contributed by atoms with E-state index in [0.29, 0.717) is 12.1 Å². The Hall–Kier alpha value is -0.610. The fourth-order valence-electron chi connectivity index (χ4n) is 2.36. The summed E-state index contributed by atoms with van der Waals surface area (Å²) in [7, 11) is 0. The lowest BCUT2D eigenvalue weighted by Crippen LogP contribution is -2.54. The number of nitrogens with zero attached hydrogens (tertiary/aromatic N) is 2. The molecule has 3 nitrogen and oxygen atoms in total. The van der Waals surface area contributed by atoms with Crippen LogP contribution in [0.25, 0.3) is 0 Å². The maximum atomic E-state index is 4.52. The molecular formula is C12H18BrN3. The summed E-state index contributed by atoms with van der Waals surface area (Å²) in [5.74, 6) is 1.11. The topological polar surface area (TPSA) is 28.2 Å². The van der Waals surface area contributed by atoms with Gasteiger partial charge in [-0.3, -0.25) is 0 Å². The highest BCUT2D eigenvalue weighted by Gasteiger charge is 2.22. The van der Waals surface area contributed by atoms with E-state index in [2.05, 4.69) is 58.0 Å². The number of halogens is 1. The zero-order valence-electron chi connectivity index (χ0n) is 10.00. The van der Waals surface area contributed by atoms with Gasteiger partial charge in [-0.1, -0.05) is 0 Å². The number of anilines is 1. The lowest BCUT2D eigenvalue weighted by Gasteiger charge is -2.37. The molecule has 0 radical (unpaired) electrons. The minimum atomic E-state index is 0.522. The molecule has 1 aromatic heterocycles. The zero-order chi connectivity index (χ0) is 11.7. The number of aromatic nitrogens is 1. The number of hydrogen-bond acceptors (Lipinski definition) is 3. The lowest BCUT2D eigenvalue weighted by molar-refractivity contribution is 0.405. The molecule has 0 aliphatic carbocycles. The first-order valence-electron chi connectivity index (χ1n) is 5.69. The molecule has 1 aliphatic heterocycles. The monoisotopic (exact) mass is 283 g/mol. The number of nitrogens with one attached hydrogen (secondary N) is 1. The van der Waals surface area contributed by atoms with Crippen LogP contribution in [0.5, 0.6) is 0 Å². The maximum Gasteiger partial charge on any atom is 0.131 e. The van der Waals surface area contributed by atoms with E-state index in [1.165, 1.54) is 5.56 Å². The summed E-state index contributed by atoms with van der Waals surface area (Å²) in [6, 6.07) is 3.17. The Morgan fingerprint density at radius 2 is 2.00 bits per heavy atom. The van der Waals surface area contributed by atoms with Crippen LogP contribution in [-0.2, 0) is 0 Å². The van der Waals surface area contributed by atoms with Crippen molar-refractivity contribution >= 4 is 21.7 Å². The van der Waals surface area contributed by atoms with Gasteiger partial charge in [-0.25, -0.2) is 4.98 Å². The summed E-state index contributed by atoms with van der Waals surface area (Å²) in [6.45, 7) is 8.61. The van der Waals surface area contributed by atoms with Crippen molar-refractivity contribution in [2.45, 2.75) is 32.9 Å². The van der Waals surface area contributed by atoms with Crippen molar-refractivity contribution in [1.82, 2.24) is 10.3 Å². The van der Waals surface area contributed by atoms with Gasteiger partial charge >= 0.3 is 0 Å². The molecule has 1 fully saturated rings. The first-order chi connectivity index (χ1) is 7.56. The van der Waals surface area contributed by atoms with Crippen LogP contribution in [0, 0.1) is 6.92 Å². The normalized spacial score (nSPS) is 25.9. The molecule has 2 unspecified atom stereocenters. The van der Waals surface area contributed by atoms with Crippen molar-refractivity contribution in [2.75, 3.05) is 18.0 Å². The van der Waals surface area contributed by atoms with E-state index < -0.39 is 0 Å². The summed E-state index contributed by atoms with van der Waals surface area (Å²) in [6.07, 6.45) is 1.87. The molecule has 1 aromatic rings. The Balaban J connectivity index is 2.23. The van der Waals surface area contributed by atoms with Gasteiger partial charge in [0.15, 0.2) is 0 Å². The van der Waals surface area contributed by atoms with Crippen molar-refractivity contribution in [1.29, 1.82) is 0 Å². The molecule has 0 bridgehead atoms. The average Bonchev–Trinajstić information content (AvgIpc) is 2.15. The van der Waals surface area contributed by atoms with Gasteiger partial charge in [-0.05, 0) is 48.3 Å². The Morgan fingerprint density at radius 1 is 1.38 bits per heavy atom. The standard InChI is InChI=1S/C12H18BrN3/c1-8-4-11(13)5-14-12(8)16-6-9(2)15-10(3)7-16/h4-5,9-10,15H,6-7H2,1-3H3. The summed E-state index contributed by atoms with van der Waals surface area (Å²) in [4.78, 5) is 6.89. The molecule has 0 spiro atoms. The van der Waals surface area contributed by atoms with E-state index in [4.69, 9.17) is 0 Å². The molecule has 2 atom stereocenters. The number of aryl methyl sites for hydroxylation is 1. The van der Waals surface area contributed by atoms with Crippen molar-refractivity contribution in [2.24, 2.45) is 0 Å². The molecule has 1 aliphatic rings. The second-order valence-electron chi connectivity index (χ2n) is 4.67. The number of piperazine rings is 1. The third kappa shape index (κ3) is 2.55. The van der Waals surface area contributed by atoms with Gasteiger partial charge in [0.1, 0.15) is 5.82 Å². The first kappa shape index (κ1) is 11.9. The van der Waals surface area contributed by atoms with E-state index in [9.17, 15) is 0 Å². The van der Waals surface area contributed by atoms with Crippen LogP contribution in [0.15, 0.2) is 16.7 Å². The number of pyridine rings is 1. The molecular weight excluding hydrogens is 266 g/mol. The molecule has 2 rings (SSSR count). The fraction of sp³-hybridized carbons (Fsp3) is 0.583. The molecule has 88 valence electrons. The Labute approximate surface area is 105 Å². The molecule has 2 heterocycles. The van der Waals surface area contributed by atoms with E-state index >= 15 is 0 Å². The predicted octanol–water partition coefficient (Wildman–Crippen LogP) is 2.34. The highest BCUT2D eigenvalue weighted by atomic mass is 79.9. The molecule has 1 saturated heterocycles. The Morgan fingerprint density at radius 3 is 2.56 bits per heavy atom. The van der Waals surface area contributed by atoms with E-state index in [0.717, 1.165) is 23.4 Å². The van der Waals surface area contributed by atoms with E-state index in [1.54, 1.807) is 0 Å². The third-order valence-corrected chi connectivity index (χ3v) is 3.31. The molecule has 0 saturated carbocycles. The quantitative estimate of drug-likeness (QED) is 0.858. The molecule has 1 N–H and O–H groups in total. The molecule has 4 heteroatoms. The van der Waals surface area contributed by atoms with E-state index in [-0.39, 0.29) is 0 Å². The van der Waals surface area contributed by atoms with Crippen LogP contribution in [0.4, 0.5) is 5.82 Å². The first-order valence-corrected chi connectivity index (χ1v) is 6.48. The van der Waals surface area contributed by atoms with Gasteiger partial charge in [0.25, 0.3) is 0 Å². The lowest BCUT2D eigenvalue weighted by atomic mass is 10.1. The average molecular weight is 284 g/mol. The van der Waals surface area contributed by atoms with Gasteiger partial charge in [-0.2, -0.15) is 0 Å². The SMILES string of the molecule is Cc1cc(Br)cnc1N1CC(C)NC(C)C1. The summed E-state index contributed by atoms with van der Waals surface area (Å²) < 4.78 is 1.05. The minimum absolute atomic E-state index is 0.522. The summed E-state index contributed by atoms with van der Waals surface area (Å²) >= 11 is 3.45. The summed E-state index contributed by atoms with van der Waals surface area (Å²) in [5, 5.41) is 3.53. The van der Waals surface area contributed by atoms with Gasteiger partial charge in [0.05, 0.1) is 0 Å². The van der Waals surface area contributed by atoms with E-state index in [1.807, 2.05) is 6.20 Å². The van der Waals surface area contributed by atoms with Crippen molar-refractivity contribution in [3.8, 4) is 0 Å². The second-order valence-corrected chi connectivity index (χ2v) is 5.58. The Bertz CT molecular complexity index is 371. The predicted molar refractivity (Wildman–Crippen MR) is 70.9 cm³/mol. The smallest absolute Gasteiger partial charge is 0.131 e. The van der Waals surface area contributed by atoms with Crippen LogP contribution in [-0.4, -0.2) is 30.2 Å². The van der Waals surface area contributed by atoms with Gasteiger partial charge in [0, 0.05) is 35.8 Å². The highest BCUT2D eigenvalue weighted by Crippen LogP contribution is 2.22. The number of hydrogen-bond donors (Lipinski definition) is 1. The van der Waals surface area contributed by atoms with Crippen molar-refractivity contribution in [3.05, 3.63) is 22.3 Å². The van der Waals surface area contributed by atoms with Crippen LogP contribution in [0.3, 0.4) is 0 Å². The largest absolute Gasteiger partial charge is 0.353 e. The molecule has 16 heavy (non-hydrogen) atoms. The van der Waals surface area contributed by atoms with Gasteiger partial charge < -0.3 is 10.2 Å². The minimum Gasteiger partial charge on any atom is -0.353 e. The van der Waals surface area contributed by atoms with Crippen LogP contribution in [0.1, 0.15) is 19.4 Å². The van der Waals surface area contributed by atoms with Crippen molar-refractivity contribution in [3.63, 3.8) is 0 Å². The third-order valence-electron chi connectivity index (χ3n) is 2.87. The molecule has 0 aromatic carbocycles. The van der Waals surface area contributed by atoms with Crippen LogP contribution in [0.2, 0.25) is 0 Å². The molecule has 0 amide bonds. The van der Waals surface area contributed by atoms with Crippen LogP contribution < -0.4 is 10.2 Å². The number of rotatable bonds is 1. The second kappa shape index (κ2) is 4.72. The summed E-state index contributed by atoms with van der Waals surface area (Å²) in [5.41, 5.74) is 1.23. The fourth-order valence-corrected chi connectivity index (χ4v) is 2.81.